The largest absolute Gasteiger partial charge is 0.432 e. The Bertz CT molecular complexity index is 1240. The molecule has 0 N–H and O–H groups in total. The number of rotatable bonds is 2. The summed E-state index contributed by atoms with van der Waals surface area (Å²) in [5, 5.41) is 0. The van der Waals surface area contributed by atoms with E-state index in [0.717, 1.165) is 33.6 Å². The van der Waals surface area contributed by atoms with Crippen molar-refractivity contribution in [2.24, 2.45) is 0 Å². The molecule has 5 aromatic rings. The number of benzene rings is 2. The van der Waals surface area contributed by atoms with E-state index in [1.807, 2.05) is 18.2 Å². The summed E-state index contributed by atoms with van der Waals surface area (Å²) in [6.07, 6.45) is 3.28. The average molecular weight is 353 g/mol. The second-order valence-electron chi connectivity index (χ2n) is 5.53. The van der Waals surface area contributed by atoms with Crippen molar-refractivity contribution in [3.8, 4) is 22.5 Å². The van der Waals surface area contributed by atoms with Gasteiger partial charge in [-0.25, -0.2) is 13.8 Å². The van der Waals surface area contributed by atoms with Gasteiger partial charge in [-0.3, -0.25) is 4.40 Å². The van der Waals surface area contributed by atoms with E-state index in [9.17, 15) is 8.78 Å². The Morgan fingerprint density at radius 3 is 2.76 bits per heavy atom. The number of aromatic nitrogens is 3. The first kappa shape index (κ1) is 14.3. The summed E-state index contributed by atoms with van der Waals surface area (Å²) in [5.74, 6) is -1.41. The van der Waals surface area contributed by atoms with Crippen LogP contribution in [0.3, 0.4) is 0 Å². The zero-order chi connectivity index (χ0) is 17.0. The van der Waals surface area contributed by atoms with Crippen molar-refractivity contribution in [3.63, 3.8) is 0 Å². The lowest BCUT2D eigenvalue weighted by Crippen LogP contribution is -1.90. The first-order valence-corrected chi connectivity index (χ1v) is 8.33. The third-order valence-corrected chi connectivity index (χ3v) is 4.85. The Balaban J connectivity index is 1.80. The maximum Gasteiger partial charge on any atom is 0.306 e. The Morgan fingerprint density at radius 2 is 1.88 bits per heavy atom. The van der Waals surface area contributed by atoms with Gasteiger partial charge in [-0.1, -0.05) is 6.07 Å². The van der Waals surface area contributed by atoms with Gasteiger partial charge in [0.15, 0.2) is 11.6 Å². The molecule has 2 aromatic carbocycles. The molecule has 3 heterocycles. The third kappa shape index (κ3) is 2.16. The van der Waals surface area contributed by atoms with Gasteiger partial charge in [0.1, 0.15) is 12.0 Å². The number of halogens is 2. The van der Waals surface area contributed by atoms with Crippen molar-refractivity contribution >= 4 is 27.4 Å². The lowest BCUT2D eigenvalue weighted by Gasteiger charge is -2.05. The molecule has 122 valence electrons. The molecule has 3 aromatic heterocycles. The van der Waals surface area contributed by atoms with Gasteiger partial charge in [-0.05, 0) is 30.3 Å². The number of imidazole rings is 1. The second-order valence-corrected chi connectivity index (χ2v) is 6.41. The summed E-state index contributed by atoms with van der Waals surface area (Å²) in [6, 6.07) is 9.62. The monoisotopic (exact) mass is 353 g/mol. The molecule has 0 fully saturated rings. The maximum absolute atomic E-state index is 13.7. The van der Waals surface area contributed by atoms with Crippen LogP contribution in [0.1, 0.15) is 0 Å². The minimum Gasteiger partial charge on any atom is -0.432 e. The minimum atomic E-state index is -0.911. The van der Waals surface area contributed by atoms with Crippen molar-refractivity contribution in [3.05, 3.63) is 66.0 Å². The summed E-state index contributed by atoms with van der Waals surface area (Å²) in [5.41, 5.74) is 5.36. The first-order chi connectivity index (χ1) is 12.2. The molecule has 4 nitrogen and oxygen atoms in total. The summed E-state index contributed by atoms with van der Waals surface area (Å²) in [7, 11) is 0. The number of fused-ring (bicyclic) bond motifs is 2. The molecule has 0 aliphatic heterocycles. The van der Waals surface area contributed by atoms with Crippen LogP contribution in [0.4, 0.5) is 8.78 Å². The SMILES string of the molecule is Fc1ccc(-c2nc3occn3c2-c2ccc3ncsc3c2)cc1F. The molecule has 25 heavy (non-hydrogen) atoms. The summed E-state index contributed by atoms with van der Waals surface area (Å²) < 4.78 is 35.2. The van der Waals surface area contributed by atoms with Crippen molar-refractivity contribution in [2.45, 2.75) is 0 Å². The quantitative estimate of drug-likeness (QED) is 0.441. The molecule has 0 aliphatic carbocycles. The van der Waals surface area contributed by atoms with E-state index in [1.165, 1.54) is 23.7 Å². The Morgan fingerprint density at radius 1 is 1.00 bits per heavy atom. The lowest BCUT2D eigenvalue weighted by molar-refractivity contribution is 0.509. The molecule has 0 aliphatic rings. The molecule has 0 saturated heterocycles. The number of nitrogens with zero attached hydrogens (tertiary/aromatic N) is 3. The highest BCUT2D eigenvalue weighted by Gasteiger charge is 2.19. The third-order valence-electron chi connectivity index (χ3n) is 4.06. The summed E-state index contributed by atoms with van der Waals surface area (Å²) >= 11 is 1.54. The predicted octanol–water partition coefficient (Wildman–Crippen LogP) is 5.15. The molecule has 0 atom stereocenters. The van der Waals surface area contributed by atoms with E-state index in [4.69, 9.17) is 4.42 Å². The second kappa shape index (κ2) is 5.22. The fourth-order valence-electron chi connectivity index (χ4n) is 2.91. The molecule has 0 bridgehead atoms. The molecule has 0 saturated carbocycles. The van der Waals surface area contributed by atoms with E-state index in [0.29, 0.717) is 17.1 Å². The van der Waals surface area contributed by atoms with E-state index in [1.54, 1.807) is 16.1 Å². The smallest absolute Gasteiger partial charge is 0.306 e. The molecule has 0 spiro atoms. The molecular formula is C18H9F2N3OS. The van der Waals surface area contributed by atoms with Gasteiger partial charge in [0.25, 0.3) is 0 Å². The van der Waals surface area contributed by atoms with Gasteiger partial charge in [-0.2, -0.15) is 4.98 Å². The van der Waals surface area contributed by atoms with Crippen molar-refractivity contribution < 1.29 is 13.2 Å². The Kier molecular flexibility index (Phi) is 2.98. The number of thiazole rings is 1. The molecule has 0 unspecified atom stereocenters. The molecule has 5 rings (SSSR count). The fourth-order valence-corrected chi connectivity index (χ4v) is 3.62. The highest BCUT2D eigenvalue weighted by atomic mass is 32.1. The average Bonchev–Trinajstić information content (AvgIpc) is 3.31. The van der Waals surface area contributed by atoms with Crippen molar-refractivity contribution in [1.82, 2.24) is 14.4 Å². The highest BCUT2D eigenvalue weighted by Crippen LogP contribution is 2.35. The van der Waals surface area contributed by atoms with Crippen LogP contribution in [0.5, 0.6) is 0 Å². The van der Waals surface area contributed by atoms with Crippen LogP contribution in [0.25, 0.3) is 38.6 Å². The van der Waals surface area contributed by atoms with Crippen LogP contribution in [-0.4, -0.2) is 14.4 Å². The zero-order valence-electron chi connectivity index (χ0n) is 12.6. The van der Waals surface area contributed by atoms with Crippen LogP contribution in [0.15, 0.2) is 58.8 Å². The van der Waals surface area contributed by atoms with E-state index in [-0.39, 0.29) is 0 Å². The van der Waals surface area contributed by atoms with Gasteiger partial charge in [0.05, 0.1) is 21.4 Å². The summed E-state index contributed by atoms with van der Waals surface area (Å²) in [4.78, 5) is 8.73. The van der Waals surface area contributed by atoms with E-state index in [2.05, 4.69) is 9.97 Å². The van der Waals surface area contributed by atoms with E-state index >= 15 is 0 Å². The first-order valence-electron chi connectivity index (χ1n) is 7.45. The van der Waals surface area contributed by atoms with E-state index < -0.39 is 11.6 Å². The maximum atomic E-state index is 13.7. The van der Waals surface area contributed by atoms with Gasteiger partial charge < -0.3 is 4.42 Å². The predicted molar refractivity (Wildman–Crippen MR) is 91.4 cm³/mol. The van der Waals surface area contributed by atoms with Crippen LogP contribution in [0, 0.1) is 11.6 Å². The Hall–Kier alpha value is -3.06. The van der Waals surface area contributed by atoms with Gasteiger partial charge >= 0.3 is 5.84 Å². The minimum absolute atomic E-state index is 0.388. The summed E-state index contributed by atoms with van der Waals surface area (Å²) in [6.45, 7) is 0. The molecular weight excluding hydrogens is 344 g/mol. The van der Waals surface area contributed by atoms with Crippen LogP contribution in [0.2, 0.25) is 0 Å². The molecule has 0 amide bonds. The molecule has 0 radical (unpaired) electrons. The van der Waals surface area contributed by atoms with Gasteiger partial charge in [-0.15, -0.1) is 11.3 Å². The fraction of sp³-hybridized carbons (Fsp3) is 0. The van der Waals surface area contributed by atoms with Crippen LogP contribution in [-0.2, 0) is 0 Å². The van der Waals surface area contributed by atoms with Crippen LogP contribution >= 0.6 is 11.3 Å². The van der Waals surface area contributed by atoms with Crippen LogP contribution < -0.4 is 0 Å². The van der Waals surface area contributed by atoms with Gasteiger partial charge in [0, 0.05) is 17.3 Å². The topological polar surface area (TPSA) is 43.3 Å². The Labute approximate surface area is 144 Å². The van der Waals surface area contributed by atoms with Gasteiger partial charge in [0.2, 0.25) is 0 Å². The van der Waals surface area contributed by atoms with Crippen molar-refractivity contribution in [1.29, 1.82) is 0 Å². The van der Waals surface area contributed by atoms with Crippen molar-refractivity contribution in [2.75, 3.05) is 0 Å². The zero-order valence-corrected chi connectivity index (χ0v) is 13.4. The lowest BCUT2D eigenvalue weighted by atomic mass is 10.0. The number of hydrogen-bond acceptors (Lipinski definition) is 4. The standard InChI is InChI=1S/C18H9F2N3OS/c19-12-3-1-10(7-13(12)20)16-17(23-5-6-24-18(23)22-16)11-2-4-14-15(8-11)25-9-21-14/h1-9H. The number of hydrogen-bond donors (Lipinski definition) is 0. The highest BCUT2D eigenvalue weighted by molar-refractivity contribution is 7.16. The normalized spacial score (nSPS) is 11.6. The molecule has 7 heteroatoms. The number of oxazole rings is 1.